The average molecular weight is 371 g/mol. The van der Waals surface area contributed by atoms with E-state index in [9.17, 15) is 9.59 Å². The van der Waals surface area contributed by atoms with Crippen molar-refractivity contribution in [1.29, 1.82) is 0 Å². The largest absolute Gasteiger partial charge is 0.324 e. The Labute approximate surface area is 159 Å². The summed E-state index contributed by atoms with van der Waals surface area (Å²) in [5.74, 6) is 0.173. The number of ketones is 1. The van der Waals surface area contributed by atoms with E-state index >= 15 is 0 Å². The quantitative estimate of drug-likeness (QED) is 0.803. The number of rotatable bonds is 5. The minimum absolute atomic E-state index is 0.0422. The van der Waals surface area contributed by atoms with Gasteiger partial charge in [-0.1, -0.05) is 53.6 Å². The molecule has 0 saturated carbocycles. The molecule has 0 aromatic heterocycles. The van der Waals surface area contributed by atoms with Gasteiger partial charge in [0.05, 0.1) is 17.3 Å². The smallest absolute Gasteiger partial charge is 0.238 e. The van der Waals surface area contributed by atoms with Crippen molar-refractivity contribution in [3.63, 3.8) is 0 Å². The fourth-order valence-corrected chi connectivity index (χ4v) is 3.45. The molecule has 0 atom stereocenters. The third-order valence-electron chi connectivity index (χ3n) is 4.81. The van der Waals surface area contributed by atoms with E-state index in [1.807, 2.05) is 43.3 Å². The lowest BCUT2D eigenvalue weighted by Gasteiger charge is -2.30. The molecule has 136 valence electrons. The summed E-state index contributed by atoms with van der Waals surface area (Å²) >= 11 is 6.07. The highest BCUT2D eigenvalue weighted by atomic mass is 35.5. The molecule has 3 rings (SSSR count). The minimum Gasteiger partial charge on any atom is -0.324 e. The monoisotopic (exact) mass is 370 g/mol. The number of benzene rings is 2. The zero-order valence-electron chi connectivity index (χ0n) is 14.9. The summed E-state index contributed by atoms with van der Waals surface area (Å²) < 4.78 is 0. The first-order valence-corrected chi connectivity index (χ1v) is 9.28. The number of halogens is 1. The number of Topliss-reactive ketones (excluding diaryl/α,β-unsaturated/α-hetero) is 1. The first-order valence-electron chi connectivity index (χ1n) is 8.90. The molecule has 1 aliphatic heterocycles. The summed E-state index contributed by atoms with van der Waals surface area (Å²) in [6.45, 7) is 3.83. The number of carbonyl (C=O) groups is 2. The normalized spacial score (nSPS) is 15.6. The second-order valence-electron chi connectivity index (χ2n) is 6.81. The van der Waals surface area contributed by atoms with Crippen molar-refractivity contribution in [1.82, 2.24) is 4.90 Å². The zero-order valence-corrected chi connectivity index (χ0v) is 15.6. The lowest BCUT2D eigenvalue weighted by atomic mass is 9.88. The number of piperidine rings is 1. The van der Waals surface area contributed by atoms with Crippen molar-refractivity contribution >= 4 is 29.0 Å². The molecule has 0 unspecified atom stereocenters. The number of nitrogens with zero attached hydrogens (tertiary/aromatic N) is 1. The van der Waals surface area contributed by atoms with E-state index in [1.54, 1.807) is 12.1 Å². The molecular weight excluding hydrogens is 348 g/mol. The molecule has 0 spiro atoms. The highest BCUT2D eigenvalue weighted by Gasteiger charge is 2.26. The molecule has 5 heteroatoms. The molecule has 0 aliphatic carbocycles. The molecule has 4 nitrogen and oxygen atoms in total. The van der Waals surface area contributed by atoms with Crippen LogP contribution in [0, 0.1) is 12.8 Å². The van der Waals surface area contributed by atoms with Gasteiger partial charge in [-0.25, -0.2) is 0 Å². The van der Waals surface area contributed by atoms with Gasteiger partial charge in [-0.2, -0.15) is 0 Å². The van der Waals surface area contributed by atoms with Crippen LogP contribution in [0.5, 0.6) is 0 Å². The zero-order chi connectivity index (χ0) is 18.5. The second-order valence-corrected chi connectivity index (χ2v) is 7.22. The highest BCUT2D eigenvalue weighted by Crippen LogP contribution is 2.23. The first kappa shape index (κ1) is 18.6. The average Bonchev–Trinajstić information content (AvgIpc) is 2.64. The number of carbonyl (C=O) groups excluding carboxylic acids is 2. The van der Waals surface area contributed by atoms with E-state index < -0.39 is 0 Å². The van der Waals surface area contributed by atoms with Gasteiger partial charge in [-0.3, -0.25) is 14.5 Å². The molecule has 1 N–H and O–H groups in total. The number of amides is 1. The van der Waals surface area contributed by atoms with Crippen molar-refractivity contribution in [3.05, 3.63) is 64.7 Å². The van der Waals surface area contributed by atoms with Crippen molar-refractivity contribution in [2.45, 2.75) is 19.8 Å². The van der Waals surface area contributed by atoms with E-state index in [1.165, 1.54) is 0 Å². The Morgan fingerprint density at radius 2 is 1.73 bits per heavy atom. The lowest BCUT2D eigenvalue weighted by molar-refractivity contribution is -0.117. The number of likely N-dealkylation sites (tertiary alicyclic amines) is 1. The molecule has 0 bridgehead atoms. The van der Waals surface area contributed by atoms with Gasteiger partial charge in [0.25, 0.3) is 0 Å². The van der Waals surface area contributed by atoms with Crippen LogP contribution in [0.4, 0.5) is 5.69 Å². The molecule has 1 fully saturated rings. The van der Waals surface area contributed by atoms with Gasteiger partial charge in [0.15, 0.2) is 5.78 Å². The van der Waals surface area contributed by atoms with Gasteiger partial charge in [-0.05, 0) is 45.0 Å². The van der Waals surface area contributed by atoms with Gasteiger partial charge in [-0.15, -0.1) is 0 Å². The minimum atomic E-state index is -0.0820. The van der Waals surface area contributed by atoms with Crippen molar-refractivity contribution < 1.29 is 9.59 Å². The Morgan fingerprint density at radius 1 is 1.08 bits per heavy atom. The lowest BCUT2D eigenvalue weighted by Crippen LogP contribution is -2.40. The van der Waals surface area contributed by atoms with Crippen LogP contribution in [0.3, 0.4) is 0 Å². The van der Waals surface area contributed by atoms with Crippen LogP contribution in [0.15, 0.2) is 48.5 Å². The fourth-order valence-electron chi connectivity index (χ4n) is 3.26. The van der Waals surface area contributed by atoms with Crippen molar-refractivity contribution in [3.8, 4) is 0 Å². The van der Waals surface area contributed by atoms with E-state index in [0.29, 0.717) is 17.3 Å². The standard InChI is InChI=1S/C21H23ClN2O2/c1-15-6-8-16(9-7-15)21(26)17-10-12-24(13-11-17)14-20(25)23-19-5-3-2-4-18(19)22/h2-9,17H,10-14H2,1H3,(H,23,25). The summed E-state index contributed by atoms with van der Waals surface area (Å²) in [6, 6.07) is 15.0. The highest BCUT2D eigenvalue weighted by molar-refractivity contribution is 6.33. The number of hydrogen-bond donors (Lipinski definition) is 1. The summed E-state index contributed by atoms with van der Waals surface area (Å²) in [6.07, 6.45) is 1.57. The topological polar surface area (TPSA) is 49.4 Å². The van der Waals surface area contributed by atoms with E-state index in [2.05, 4.69) is 10.2 Å². The molecule has 1 saturated heterocycles. The molecule has 2 aromatic rings. The van der Waals surface area contributed by atoms with Crippen LogP contribution in [0.25, 0.3) is 0 Å². The maximum absolute atomic E-state index is 12.6. The van der Waals surface area contributed by atoms with Gasteiger partial charge in [0.1, 0.15) is 0 Å². The van der Waals surface area contributed by atoms with Crippen molar-refractivity contribution in [2.24, 2.45) is 5.92 Å². The van der Waals surface area contributed by atoms with E-state index in [0.717, 1.165) is 37.1 Å². The molecular formula is C21H23ClN2O2. The summed E-state index contributed by atoms with van der Waals surface area (Å²) in [5.41, 5.74) is 2.56. The Balaban J connectivity index is 1.49. The van der Waals surface area contributed by atoms with Crippen LogP contribution in [0.1, 0.15) is 28.8 Å². The van der Waals surface area contributed by atoms with Gasteiger partial charge in [0.2, 0.25) is 5.91 Å². The van der Waals surface area contributed by atoms with Crippen LogP contribution in [-0.4, -0.2) is 36.2 Å². The Hall–Kier alpha value is -2.17. The van der Waals surface area contributed by atoms with Crippen LogP contribution in [0.2, 0.25) is 5.02 Å². The molecule has 0 radical (unpaired) electrons. The van der Waals surface area contributed by atoms with Gasteiger partial charge in [0, 0.05) is 11.5 Å². The summed E-state index contributed by atoms with van der Waals surface area (Å²) in [7, 11) is 0. The third kappa shape index (κ3) is 4.71. The number of aryl methyl sites for hydroxylation is 1. The van der Waals surface area contributed by atoms with E-state index in [4.69, 9.17) is 11.6 Å². The maximum atomic E-state index is 12.6. The molecule has 26 heavy (non-hydrogen) atoms. The van der Waals surface area contributed by atoms with Crippen LogP contribution >= 0.6 is 11.6 Å². The number of anilines is 1. The molecule has 2 aromatic carbocycles. The predicted molar refractivity (Wildman–Crippen MR) is 105 cm³/mol. The molecule has 1 amide bonds. The van der Waals surface area contributed by atoms with Crippen LogP contribution < -0.4 is 5.32 Å². The van der Waals surface area contributed by atoms with E-state index in [-0.39, 0.29) is 17.6 Å². The first-order chi connectivity index (χ1) is 12.5. The fraction of sp³-hybridized carbons (Fsp3) is 0.333. The maximum Gasteiger partial charge on any atom is 0.238 e. The predicted octanol–water partition coefficient (Wildman–Crippen LogP) is 4.18. The number of para-hydroxylation sites is 1. The Bertz CT molecular complexity index is 781. The van der Waals surface area contributed by atoms with Crippen LogP contribution in [-0.2, 0) is 4.79 Å². The van der Waals surface area contributed by atoms with Gasteiger partial charge >= 0.3 is 0 Å². The second kappa shape index (κ2) is 8.47. The molecule has 1 aliphatic rings. The van der Waals surface area contributed by atoms with Crippen molar-refractivity contribution in [2.75, 3.05) is 25.0 Å². The number of hydrogen-bond acceptors (Lipinski definition) is 3. The summed E-state index contributed by atoms with van der Waals surface area (Å²) in [5, 5.41) is 3.37. The summed E-state index contributed by atoms with van der Waals surface area (Å²) in [4.78, 5) is 26.9. The SMILES string of the molecule is Cc1ccc(C(=O)C2CCN(CC(=O)Nc3ccccc3Cl)CC2)cc1. The Kier molecular flexibility index (Phi) is 6.07. The van der Waals surface area contributed by atoms with Gasteiger partial charge < -0.3 is 5.32 Å². The number of nitrogens with one attached hydrogen (secondary N) is 1. The Morgan fingerprint density at radius 3 is 2.38 bits per heavy atom. The molecule has 1 heterocycles. The third-order valence-corrected chi connectivity index (χ3v) is 5.14.